The highest BCUT2D eigenvalue weighted by molar-refractivity contribution is 9.10. The van der Waals surface area contributed by atoms with Gasteiger partial charge in [0.15, 0.2) is 0 Å². The van der Waals surface area contributed by atoms with E-state index in [1.54, 1.807) is 18.4 Å². The molecule has 3 rings (SSSR count). The van der Waals surface area contributed by atoms with Gasteiger partial charge in [0.05, 0.1) is 12.3 Å². The summed E-state index contributed by atoms with van der Waals surface area (Å²) in [5.41, 5.74) is 0.367. The van der Waals surface area contributed by atoms with Crippen molar-refractivity contribution in [1.82, 2.24) is 10.2 Å². The average molecular weight is 407 g/mol. The summed E-state index contributed by atoms with van der Waals surface area (Å²) in [6.45, 7) is 2.46. The molecule has 0 spiro atoms. The van der Waals surface area contributed by atoms with Crippen molar-refractivity contribution in [2.24, 2.45) is 0 Å². The van der Waals surface area contributed by atoms with E-state index in [2.05, 4.69) is 26.1 Å². The molecule has 2 aromatic rings. The number of carbonyl (C=O) groups excluding carboxylic acids is 1. The molecule has 0 saturated carbocycles. The first-order chi connectivity index (χ1) is 12.1. The number of hydrogen-bond donors (Lipinski definition) is 1. The maximum Gasteiger partial charge on any atom is 0.244 e. The van der Waals surface area contributed by atoms with Crippen LogP contribution in [-0.2, 0) is 4.79 Å². The lowest BCUT2D eigenvalue weighted by atomic mass is 10.2. The summed E-state index contributed by atoms with van der Waals surface area (Å²) < 4.78 is 20.0. The van der Waals surface area contributed by atoms with Crippen molar-refractivity contribution in [2.45, 2.75) is 18.9 Å². The number of halogens is 2. The molecule has 1 aliphatic rings. The fraction of sp³-hybridized carbons (Fsp3) is 0.316. The molecule has 1 atom stereocenters. The molecular weight excluding hydrogens is 387 g/mol. The van der Waals surface area contributed by atoms with E-state index < -0.39 is 0 Å². The van der Waals surface area contributed by atoms with Crippen LogP contribution in [0.25, 0.3) is 6.08 Å². The summed E-state index contributed by atoms with van der Waals surface area (Å²) in [4.78, 5) is 14.4. The largest absolute Gasteiger partial charge is 0.468 e. The number of carbonyl (C=O) groups is 1. The smallest absolute Gasteiger partial charge is 0.244 e. The molecule has 4 nitrogen and oxygen atoms in total. The summed E-state index contributed by atoms with van der Waals surface area (Å²) in [6, 6.07) is 8.43. The van der Waals surface area contributed by atoms with E-state index in [-0.39, 0.29) is 17.8 Å². The molecule has 1 saturated heterocycles. The summed E-state index contributed by atoms with van der Waals surface area (Å²) in [5, 5.41) is 2.89. The van der Waals surface area contributed by atoms with Gasteiger partial charge in [0, 0.05) is 22.7 Å². The molecule has 0 aliphatic carbocycles. The number of benzene rings is 1. The van der Waals surface area contributed by atoms with Crippen molar-refractivity contribution in [3.8, 4) is 0 Å². The van der Waals surface area contributed by atoms with Crippen LogP contribution in [0.5, 0.6) is 0 Å². The van der Waals surface area contributed by atoms with Crippen LogP contribution in [0.2, 0.25) is 0 Å². The van der Waals surface area contributed by atoms with Crippen molar-refractivity contribution in [3.63, 3.8) is 0 Å². The molecule has 2 heterocycles. The minimum absolute atomic E-state index is 0.0254. The fourth-order valence-corrected chi connectivity index (χ4v) is 3.39. The highest BCUT2D eigenvalue weighted by atomic mass is 79.9. The second-order valence-electron chi connectivity index (χ2n) is 6.02. The van der Waals surface area contributed by atoms with Crippen LogP contribution in [0.4, 0.5) is 4.39 Å². The minimum Gasteiger partial charge on any atom is -0.468 e. The summed E-state index contributed by atoms with van der Waals surface area (Å²) >= 11 is 3.30. The third kappa shape index (κ3) is 4.80. The second kappa shape index (κ2) is 8.45. The summed E-state index contributed by atoms with van der Waals surface area (Å²) in [5.74, 6) is 0.233. The number of furan rings is 1. The zero-order chi connectivity index (χ0) is 17.6. The van der Waals surface area contributed by atoms with E-state index in [9.17, 15) is 9.18 Å². The summed E-state index contributed by atoms with van der Waals surface area (Å²) in [6.07, 6.45) is 6.80. The van der Waals surface area contributed by atoms with Gasteiger partial charge >= 0.3 is 0 Å². The topological polar surface area (TPSA) is 45.5 Å². The Labute approximate surface area is 154 Å². The highest BCUT2D eigenvalue weighted by Gasteiger charge is 2.25. The molecule has 1 aliphatic heterocycles. The quantitative estimate of drug-likeness (QED) is 0.732. The van der Waals surface area contributed by atoms with Gasteiger partial charge < -0.3 is 9.73 Å². The van der Waals surface area contributed by atoms with Crippen LogP contribution >= 0.6 is 15.9 Å². The van der Waals surface area contributed by atoms with Gasteiger partial charge in [-0.2, -0.15) is 0 Å². The monoisotopic (exact) mass is 406 g/mol. The van der Waals surface area contributed by atoms with Crippen LogP contribution in [0.15, 0.2) is 51.6 Å². The van der Waals surface area contributed by atoms with Gasteiger partial charge in [-0.25, -0.2) is 4.39 Å². The number of likely N-dealkylation sites (tertiary alicyclic amines) is 1. The molecule has 1 fully saturated rings. The van der Waals surface area contributed by atoms with E-state index in [0.717, 1.165) is 36.2 Å². The predicted octanol–water partition coefficient (Wildman–Crippen LogP) is 4.15. The van der Waals surface area contributed by atoms with E-state index in [1.165, 1.54) is 18.2 Å². The van der Waals surface area contributed by atoms with E-state index in [1.807, 2.05) is 12.1 Å². The van der Waals surface area contributed by atoms with Crippen LogP contribution in [-0.4, -0.2) is 30.4 Å². The van der Waals surface area contributed by atoms with Crippen molar-refractivity contribution < 1.29 is 13.6 Å². The van der Waals surface area contributed by atoms with E-state index in [4.69, 9.17) is 4.42 Å². The summed E-state index contributed by atoms with van der Waals surface area (Å²) in [7, 11) is 0. The lowest BCUT2D eigenvalue weighted by molar-refractivity contribution is -0.116. The molecule has 6 heteroatoms. The molecule has 1 aromatic heterocycles. The molecule has 132 valence electrons. The predicted molar refractivity (Wildman–Crippen MR) is 98.4 cm³/mol. The lowest BCUT2D eigenvalue weighted by Crippen LogP contribution is -2.36. The van der Waals surface area contributed by atoms with Gasteiger partial charge in [-0.1, -0.05) is 15.9 Å². The minimum atomic E-state index is -0.363. The van der Waals surface area contributed by atoms with Crippen molar-refractivity contribution in [2.75, 3.05) is 19.6 Å². The number of nitrogens with zero attached hydrogens (tertiary/aromatic N) is 1. The Hall–Kier alpha value is -1.92. The van der Waals surface area contributed by atoms with Gasteiger partial charge in [0.1, 0.15) is 11.6 Å². The average Bonchev–Trinajstić information content (AvgIpc) is 3.30. The van der Waals surface area contributed by atoms with Crippen LogP contribution in [0.3, 0.4) is 0 Å². The Morgan fingerprint density at radius 2 is 2.16 bits per heavy atom. The van der Waals surface area contributed by atoms with Crippen molar-refractivity contribution >= 4 is 27.9 Å². The maximum absolute atomic E-state index is 13.7. The Balaban J connectivity index is 1.61. The van der Waals surface area contributed by atoms with Crippen LogP contribution in [0.1, 0.15) is 30.2 Å². The Morgan fingerprint density at radius 1 is 1.36 bits per heavy atom. The number of amides is 1. The molecule has 25 heavy (non-hydrogen) atoms. The van der Waals surface area contributed by atoms with Crippen molar-refractivity contribution in [3.05, 3.63) is 64.3 Å². The Morgan fingerprint density at radius 3 is 2.88 bits per heavy atom. The highest BCUT2D eigenvalue weighted by Crippen LogP contribution is 2.24. The zero-order valence-electron chi connectivity index (χ0n) is 13.8. The van der Waals surface area contributed by atoms with Crippen molar-refractivity contribution in [1.29, 1.82) is 0 Å². The molecule has 0 bridgehead atoms. The standard InChI is InChI=1S/C19H20BrFN2O2/c20-15-6-7-16(21)14(12-15)5-8-19(24)22-13-17(18-4-3-11-25-18)23-9-1-2-10-23/h3-8,11-12,17H,1-2,9-10,13H2,(H,22,24)/b8-5+/t17-/m1/s1. The molecule has 1 N–H and O–H groups in total. The third-order valence-electron chi connectivity index (χ3n) is 4.29. The van der Waals surface area contributed by atoms with Gasteiger partial charge in [-0.15, -0.1) is 0 Å². The van der Waals surface area contributed by atoms with Crippen LogP contribution in [0, 0.1) is 5.82 Å². The van der Waals surface area contributed by atoms with Gasteiger partial charge in [-0.3, -0.25) is 9.69 Å². The van der Waals surface area contributed by atoms with E-state index >= 15 is 0 Å². The lowest BCUT2D eigenvalue weighted by Gasteiger charge is -2.25. The molecule has 0 radical (unpaired) electrons. The first-order valence-electron chi connectivity index (χ1n) is 8.32. The van der Waals surface area contributed by atoms with E-state index in [0.29, 0.717) is 12.1 Å². The zero-order valence-corrected chi connectivity index (χ0v) is 15.3. The molecule has 1 aromatic carbocycles. The van der Waals surface area contributed by atoms with Gasteiger partial charge in [-0.05, 0) is 62.3 Å². The Bertz CT molecular complexity index is 740. The fourth-order valence-electron chi connectivity index (χ4n) is 3.01. The number of rotatable bonds is 6. The molecular formula is C19H20BrFN2O2. The Kier molecular flexibility index (Phi) is 6.04. The SMILES string of the molecule is O=C(/C=C/c1cc(Br)ccc1F)NC[C@H](c1ccco1)N1CCCC1. The molecule has 0 unspecified atom stereocenters. The second-order valence-corrected chi connectivity index (χ2v) is 6.93. The first-order valence-corrected chi connectivity index (χ1v) is 9.11. The number of nitrogens with one attached hydrogen (secondary N) is 1. The van der Waals surface area contributed by atoms with Gasteiger partial charge in [0.25, 0.3) is 0 Å². The van der Waals surface area contributed by atoms with Gasteiger partial charge in [0.2, 0.25) is 5.91 Å². The van der Waals surface area contributed by atoms with Crippen LogP contribution < -0.4 is 5.32 Å². The first kappa shape index (κ1) is 17.9. The maximum atomic E-state index is 13.7. The number of hydrogen-bond acceptors (Lipinski definition) is 3. The molecule has 1 amide bonds. The normalized spacial score (nSPS) is 16.4. The third-order valence-corrected chi connectivity index (χ3v) is 4.79.